The number of fused-ring (bicyclic) bond motifs is 8. The molecule has 0 aliphatic rings. The van der Waals surface area contributed by atoms with Crippen LogP contribution < -0.4 is 4.40 Å². The van der Waals surface area contributed by atoms with E-state index < -0.39 is 0 Å². The van der Waals surface area contributed by atoms with Gasteiger partial charge < -0.3 is 5.11 Å². The average molecular weight is 296 g/mol. The van der Waals surface area contributed by atoms with Gasteiger partial charge in [0, 0.05) is 16.8 Å². The molecule has 0 saturated carbocycles. The van der Waals surface area contributed by atoms with E-state index in [0.717, 1.165) is 21.8 Å². The number of hydrogen-bond donors (Lipinski definition) is 1. The van der Waals surface area contributed by atoms with Crippen molar-refractivity contribution in [1.82, 2.24) is 0 Å². The van der Waals surface area contributed by atoms with Gasteiger partial charge in [-0.05, 0) is 18.2 Å². The maximum absolute atomic E-state index is 10.5. The largest absolute Gasteiger partial charge is 0.502 e. The summed E-state index contributed by atoms with van der Waals surface area (Å²) in [7, 11) is 0. The lowest BCUT2D eigenvalue weighted by Gasteiger charge is -2.07. The molecule has 0 bridgehead atoms. The fraction of sp³-hybridized carbons (Fsp3) is 0. The number of para-hydroxylation sites is 1. The minimum atomic E-state index is 0.304. The first kappa shape index (κ1) is 12.4. The van der Waals surface area contributed by atoms with Crippen LogP contribution >= 0.6 is 0 Å². The Morgan fingerprint density at radius 2 is 1.09 bits per heavy atom. The van der Waals surface area contributed by atoms with Crippen LogP contribution in [0.5, 0.6) is 5.75 Å². The van der Waals surface area contributed by atoms with Gasteiger partial charge in [0.2, 0.25) is 17.2 Å². The first-order valence-corrected chi connectivity index (χ1v) is 7.70. The molecule has 23 heavy (non-hydrogen) atoms. The van der Waals surface area contributed by atoms with Gasteiger partial charge in [-0.25, -0.2) is 0 Å². The standard InChI is InChI=1S/C21H13NO/c23-20-13-22-19-12-6-5-8-15(19)14-7-1-3-10-17(14)21(22)18-11-4-2-9-16(18)20/h1-13H/p+1. The molecule has 2 heteroatoms. The summed E-state index contributed by atoms with van der Waals surface area (Å²) in [6.07, 6.45) is 1.83. The van der Waals surface area contributed by atoms with Crippen molar-refractivity contribution >= 4 is 38.0 Å². The zero-order valence-electron chi connectivity index (χ0n) is 12.4. The molecule has 2 nitrogen and oxygen atoms in total. The van der Waals surface area contributed by atoms with Gasteiger partial charge >= 0.3 is 0 Å². The van der Waals surface area contributed by atoms with Crippen LogP contribution in [0.3, 0.4) is 0 Å². The van der Waals surface area contributed by atoms with Crippen molar-refractivity contribution in [2.24, 2.45) is 0 Å². The second-order valence-electron chi connectivity index (χ2n) is 5.84. The van der Waals surface area contributed by atoms with Crippen LogP contribution in [0.1, 0.15) is 0 Å². The smallest absolute Gasteiger partial charge is 0.227 e. The molecule has 0 spiro atoms. The predicted octanol–water partition coefficient (Wildman–Crippen LogP) is 4.59. The Bertz CT molecular complexity index is 1220. The summed E-state index contributed by atoms with van der Waals surface area (Å²) < 4.78 is 2.11. The van der Waals surface area contributed by atoms with Crippen molar-refractivity contribution in [2.75, 3.05) is 0 Å². The molecule has 3 aromatic carbocycles. The second-order valence-corrected chi connectivity index (χ2v) is 5.84. The number of nitrogens with zero attached hydrogens (tertiary/aromatic N) is 1. The van der Waals surface area contributed by atoms with E-state index >= 15 is 0 Å². The van der Waals surface area contributed by atoms with Gasteiger partial charge in [-0.1, -0.05) is 48.5 Å². The highest BCUT2D eigenvalue weighted by molar-refractivity contribution is 6.16. The number of hydrogen-bond acceptors (Lipinski definition) is 1. The van der Waals surface area contributed by atoms with Gasteiger partial charge in [-0.15, -0.1) is 0 Å². The van der Waals surface area contributed by atoms with Gasteiger partial charge in [-0.3, -0.25) is 0 Å². The molecule has 2 aromatic heterocycles. The molecule has 1 N–H and O–H groups in total. The van der Waals surface area contributed by atoms with E-state index in [4.69, 9.17) is 0 Å². The maximum atomic E-state index is 10.5. The van der Waals surface area contributed by atoms with Crippen molar-refractivity contribution < 1.29 is 9.51 Å². The first-order chi connectivity index (χ1) is 11.3. The Morgan fingerprint density at radius 1 is 0.565 bits per heavy atom. The van der Waals surface area contributed by atoms with Gasteiger partial charge in [0.05, 0.1) is 16.2 Å². The molecule has 0 aliphatic heterocycles. The Hall–Kier alpha value is -3.13. The number of pyridine rings is 2. The Morgan fingerprint density at radius 3 is 1.83 bits per heavy atom. The average Bonchev–Trinajstić information content (AvgIpc) is 2.62. The molecule has 0 radical (unpaired) electrons. The molecule has 5 rings (SSSR count). The number of aromatic nitrogens is 1. The fourth-order valence-corrected chi connectivity index (χ4v) is 3.60. The molecule has 0 atom stereocenters. The van der Waals surface area contributed by atoms with Crippen LogP contribution in [0.4, 0.5) is 0 Å². The third kappa shape index (κ3) is 1.60. The van der Waals surface area contributed by atoms with Crippen LogP contribution in [0.2, 0.25) is 0 Å². The molecule has 108 valence electrons. The molecule has 0 amide bonds. The summed E-state index contributed by atoms with van der Waals surface area (Å²) in [5, 5.41) is 16.0. The SMILES string of the molecule is Oc1c[n+]2c3ccccc3c3ccccc3c2c2ccccc12. The normalized spacial score (nSPS) is 11.7. The topological polar surface area (TPSA) is 24.3 Å². The van der Waals surface area contributed by atoms with E-state index in [9.17, 15) is 5.11 Å². The lowest BCUT2D eigenvalue weighted by Crippen LogP contribution is -2.23. The van der Waals surface area contributed by atoms with E-state index in [1.54, 1.807) is 0 Å². The highest BCUT2D eigenvalue weighted by atomic mass is 16.3. The van der Waals surface area contributed by atoms with E-state index in [-0.39, 0.29) is 0 Å². The van der Waals surface area contributed by atoms with E-state index in [0.29, 0.717) is 5.75 Å². The van der Waals surface area contributed by atoms with Gasteiger partial charge in [0.25, 0.3) is 0 Å². The minimum Gasteiger partial charge on any atom is -0.502 e. The summed E-state index contributed by atoms with van der Waals surface area (Å²) in [4.78, 5) is 0. The minimum absolute atomic E-state index is 0.304. The lowest BCUT2D eigenvalue weighted by atomic mass is 10.0. The third-order valence-electron chi connectivity index (χ3n) is 4.59. The Balaban J connectivity index is 2.25. The van der Waals surface area contributed by atoms with Crippen molar-refractivity contribution in [2.45, 2.75) is 0 Å². The zero-order valence-corrected chi connectivity index (χ0v) is 12.4. The maximum Gasteiger partial charge on any atom is 0.227 e. The molecule has 0 unspecified atom stereocenters. The van der Waals surface area contributed by atoms with E-state index in [1.165, 1.54) is 16.2 Å². The molecule has 0 saturated heterocycles. The number of rotatable bonds is 0. The summed E-state index contributed by atoms with van der Waals surface area (Å²) in [5.41, 5.74) is 2.23. The summed E-state index contributed by atoms with van der Waals surface area (Å²) >= 11 is 0. The second kappa shape index (κ2) is 4.43. The Labute approximate surface area is 132 Å². The predicted molar refractivity (Wildman–Crippen MR) is 93.8 cm³/mol. The highest BCUT2D eigenvalue weighted by Gasteiger charge is 2.19. The van der Waals surface area contributed by atoms with Crippen molar-refractivity contribution in [1.29, 1.82) is 0 Å². The number of benzene rings is 3. The molecule has 2 heterocycles. The molecule has 5 aromatic rings. The first-order valence-electron chi connectivity index (χ1n) is 7.70. The quantitative estimate of drug-likeness (QED) is 0.328. The van der Waals surface area contributed by atoms with Crippen LogP contribution in [0, 0.1) is 0 Å². The van der Waals surface area contributed by atoms with Crippen LogP contribution in [0.15, 0.2) is 79.0 Å². The van der Waals surface area contributed by atoms with Crippen LogP contribution in [-0.2, 0) is 0 Å². The van der Waals surface area contributed by atoms with Gasteiger partial charge in [0.15, 0.2) is 5.75 Å². The van der Waals surface area contributed by atoms with Gasteiger partial charge in [-0.2, -0.15) is 4.40 Å². The molecule has 0 fully saturated rings. The van der Waals surface area contributed by atoms with Crippen molar-refractivity contribution in [3.05, 3.63) is 79.0 Å². The lowest BCUT2D eigenvalue weighted by molar-refractivity contribution is -0.479. The summed E-state index contributed by atoms with van der Waals surface area (Å²) in [5.74, 6) is 0.304. The Kier molecular flexibility index (Phi) is 2.39. The van der Waals surface area contributed by atoms with Gasteiger partial charge in [0.1, 0.15) is 0 Å². The van der Waals surface area contributed by atoms with Crippen LogP contribution in [0.25, 0.3) is 38.0 Å². The van der Waals surface area contributed by atoms with Crippen molar-refractivity contribution in [3.63, 3.8) is 0 Å². The fourth-order valence-electron chi connectivity index (χ4n) is 3.60. The third-order valence-corrected chi connectivity index (χ3v) is 4.59. The van der Waals surface area contributed by atoms with E-state index in [2.05, 4.69) is 52.9 Å². The number of aromatic hydroxyl groups is 1. The molecular weight excluding hydrogens is 282 g/mol. The summed E-state index contributed by atoms with van der Waals surface area (Å²) in [6.45, 7) is 0. The zero-order chi connectivity index (χ0) is 15.4. The van der Waals surface area contributed by atoms with Crippen molar-refractivity contribution in [3.8, 4) is 5.75 Å². The monoisotopic (exact) mass is 296 g/mol. The highest BCUT2D eigenvalue weighted by Crippen LogP contribution is 2.32. The van der Waals surface area contributed by atoms with Crippen LogP contribution in [-0.4, -0.2) is 5.11 Å². The molecular formula is C21H14NO+. The van der Waals surface area contributed by atoms with E-state index in [1.807, 2.05) is 30.5 Å². The molecule has 0 aliphatic carbocycles. The summed E-state index contributed by atoms with van der Waals surface area (Å²) in [6, 6.07) is 24.8.